The summed E-state index contributed by atoms with van der Waals surface area (Å²) in [4.78, 5) is 11.6. The van der Waals surface area contributed by atoms with Gasteiger partial charge in [0.05, 0.1) is 12.5 Å². The van der Waals surface area contributed by atoms with Gasteiger partial charge < -0.3 is 10.1 Å². The van der Waals surface area contributed by atoms with E-state index < -0.39 is 0 Å². The Morgan fingerprint density at radius 3 is 2.31 bits per heavy atom. The molecule has 0 saturated heterocycles. The zero-order valence-electron chi connectivity index (χ0n) is 8.73. The first kappa shape index (κ1) is 9.00. The number of methoxy groups -OCH3 is 1. The van der Waals surface area contributed by atoms with Gasteiger partial charge in [-0.1, -0.05) is 0 Å². The van der Waals surface area contributed by atoms with E-state index in [-0.39, 0.29) is 22.3 Å². The summed E-state index contributed by atoms with van der Waals surface area (Å²) in [5, 5.41) is 3.31. The molecule has 0 unspecified atom stereocenters. The topological polar surface area (TPSA) is 38.3 Å². The van der Waals surface area contributed by atoms with Crippen molar-refractivity contribution in [2.75, 3.05) is 14.2 Å². The van der Waals surface area contributed by atoms with Gasteiger partial charge in [0, 0.05) is 11.0 Å². The van der Waals surface area contributed by atoms with Gasteiger partial charge in [-0.3, -0.25) is 4.79 Å². The minimum Gasteiger partial charge on any atom is -0.469 e. The van der Waals surface area contributed by atoms with Crippen LogP contribution in [-0.2, 0) is 9.53 Å². The Bertz CT molecular complexity index is 264. The van der Waals surface area contributed by atoms with Crippen molar-refractivity contribution < 1.29 is 9.53 Å². The smallest absolute Gasteiger partial charge is 0.311 e. The molecular formula is C10H17NO2. The van der Waals surface area contributed by atoms with Crippen LogP contribution < -0.4 is 5.32 Å². The van der Waals surface area contributed by atoms with Crippen molar-refractivity contribution in [1.82, 2.24) is 5.32 Å². The van der Waals surface area contributed by atoms with Gasteiger partial charge in [0.25, 0.3) is 0 Å². The molecule has 2 fully saturated rings. The lowest BCUT2D eigenvalue weighted by molar-refractivity contribution is -0.153. The highest BCUT2D eigenvalue weighted by atomic mass is 16.5. The lowest BCUT2D eigenvalue weighted by Crippen LogP contribution is -2.32. The average Bonchev–Trinajstić information content (AvgIpc) is 2.87. The maximum atomic E-state index is 11.6. The van der Waals surface area contributed by atoms with Gasteiger partial charge in [0.2, 0.25) is 0 Å². The van der Waals surface area contributed by atoms with Crippen LogP contribution in [0.3, 0.4) is 0 Å². The lowest BCUT2D eigenvalue weighted by Gasteiger charge is -2.24. The summed E-state index contributed by atoms with van der Waals surface area (Å²) in [7, 11) is 3.44. The van der Waals surface area contributed by atoms with E-state index in [1.807, 2.05) is 20.9 Å². The van der Waals surface area contributed by atoms with E-state index in [9.17, 15) is 4.79 Å². The Labute approximate surface area is 78.8 Å². The number of fused-ring (bicyclic) bond motifs is 1. The Balaban J connectivity index is 2.16. The minimum absolute atomic E-state index is 0.0814. The van der Waals surface area contributed by atoms with Crippen LogP contribution in [0.25, 0.3) is 0 Å². The van der Waals surface area contributed by atoms with E-state index in [4.69, 9.17) is 4.74 Å². The molecule has 0 heterocycles. The van der Waals surface area contributed by atoms with Crippen molar-refractivity contribution >= 4 is 5.97 Å². The van der Waals surface area contributed by atoms with Crippen molar-refractivity contribution in [3.8, 4) is 0 Å². The van der Waals surface area contributed by atoms with E-state index in [2.05, 4.69) is 5.32 Å². The van der Waals surface area contributed by atoms with Crippen LogP contribution in [0.4, 0.5) is 0 Å². The fourth-order valence-electron chi connectivity index (χ4n) is 2.80. The maximum absolute atomic E-state index is 11.6. The summed E-state index contributed by atoms with van der Waals surface area (Å²) >= 11 is 0. The number of ether oxygens (including phenoxy) is 1. The molecule has 2 aliphatic rings. The largest absolute Gasteiger partial charge is 0.469 e. The lowest BCUT2D eigenvalue weighted by atomic mass is 9.81. The number of nitrogens with one attached hydrogen (secondary N) is 1. The first-order chi connectivity index (χ1) is 5.96. The van der Waals surface area contributed by atoms with E-state index in [1.54, 1.807) is 0 Å². The minimum atomic E-state index is -0.329. The summed E-state index contributed by atoms with van der Waals surface area (Å²) in [6.07, 6.45) is 2.25. The van der Waals surface area contributed by atoms with Crippen LogP contribution in [0.5, 0.6) is 0 Å². The van der Waals surface area contributed by atoms with Crippen molar-refractivity contribution in [2.24, 2.45) is 10.8 Å². The standard InChI is InChI=1S/C10H17NO2/c1-8(2,7(12)13-4)9-5-10(9,6-9)11-3/h11H,5-6H2,1-4H3. The van der Waals surface area contributed by atoms with Crippen molar-refractivity contribution in [3.63, 3.8) is 0 Å². The second-order valence-corrected chi connectivity index (χ2v) is 4.88. The van der Waals surface area contributed by atoms with Gasteiger partial charge in [-0.2, -0.15) is 0 Å². The zero-order valence-corrected chi connectivity index (χ0v) is 8.73. The molecular weight excluding hydrogens is 166 g/mol. The third-order valence-electron chi connectivity index (χ3n) is 4.24. The molecule has 0 atom stereocenters. The van der Waals surface area contributed by atoms with Crippen molar-refractivity contribution in [3.05, 3.63) is 0 Å². The molecule has 2 aliphatic carbocycles. The quantitative estimate of drug-likeness (QED) is 0.662. The number of hydrogen-bond acceptors (Lipinski definition) is 3. The van der Waals surface area contributed by atoms with E-state index in [1.165, 1.54) is 7.11 Å². The highest BCUT2D eigenvalue weighted by Crippen LogP contribution is 2.85. The second-order valence-electron chi connectivity index (χ2n) is 4.88. The van der Waals surface area contributed by atoms with Gasteiger partial charge in [0.1, 0.15) is 0 Å². The molecule has 0 aromatic heterocycles. The number of esters is 1. The Kier molecular flexibility index (Phi) is 1.44. The highest BCUT2D eigenvalue weighted by molar-refractivity contribution is 5.80. The summed E-state index contributed by atoms with van der Waals surface area (Å²) in [5.41, 5.74) is 0.136. The Morgan fingerprint density at radius 1 is 1.46 bits per heavy atom. The summed E-state index contributed by atoms with van der Waals surface area (Å²) in [6, 6.07) is 0. The first-order valence-corrected chi connectivity index (χ1v) is 4.73. The molecule has 0 spiro atoms. The second kappa shape index (κ2) is 2.08. The van der Waals surface area contributed by atoms with Crippen LogP contribution in [0.1, 0.15) is 26.7 Å². The molecule has 13 heavy (non-hydrogen) atoms. The monoisotopic (exact) mass is 183 g/mol. The molecule has 0 amide bonds. The third-order valence-corrected chi connectivity index (χ3v) is 4.24. The molecule has 3 heteroatoms. The Morgan fingerprint density at radius 2 is 2.00 bits per heavy atom. The van der Waals surface area contributed by atoms with E-state index >= 15 is 0 Å². The number of carbonyl (C=O) groups is 1. The third kappa shape index (κ3) is 0.766. The predicted molar refractivity (Wildman–Crippen MR) is 49.3 cm³/mol. The molecule has 74 valence electrons. The van der Waals surface area contributed by atoms with Crippen LogP contribution in [0.2, 0.25) is 0 Å². The van der Waals surface area contributed by atoms with Crippen LogP contribution in [-0.4, -0.2) is 25.7 Å². The zero-order chi connectivity index (χ0) is 9.91. The van der Waals surface area contributed by atoms with Crippen LogP contribution in [0.15, 0.2) is 0 Å². The van der Waals surface area contributed by atoms with Gasteiger partial charge in [0.15, 0.2) is 0 Å². The van der Waals surface area contributed by atoms with Gasteiger partial charge >= 0.3 is 5.97 Å². The molecule has 3 nitrogen and oxygen atoms in total. The van der Waals surface area contributed by atoms with Gasteiger partial charge in [-0.25, -0.2) is 0 Å². The summed E-state index contributed by atoms with van der Waals surface area (Å²) < 4.78 is 4.83. The van der Waals surface area contributed by atoms with Crippen molar-refractivity contribution in [2.45, 2.75) is 32.2 Å². The molecule has 0 aliphatic heterocycles. The number of hydrogen-bond donors (Lipinski definition) is 1. The summed E-state index contributed by atoms with van der Waals surface area (Å²) in [5.74, 6) is -0.0814. The highest BCUT2D eigenvalue weighted by Gasteiger charge is 2.88. The van der Waals surface area contributed by atoms with Gasteiger partial charge in [-0.15, -0.1) is 0 Å². The van der Waals surface area contributed by atoms with Crippen LogP contribution >= 0.6 is 0 Å². The number of carbonyl (C=O) groups excluding carboxylic acids is 1. The normalized spacial score (nSPS) is 40.9. The predicted octanol–water partition coefficient (Wildman–Crippen LogP) is 0.938. The first-order valence-electron chi connectivity index (χ1n) is 4.73. The molecule has 2 rings (SSSR count). The maximum Gasteiger partial charge on any atom is 0.311 e. The fraction of sp³-hybridized carbons (Fsp3) is 0.900. The molecule has 1 N–H and O–H groups in total. The molecule has 2 saturated carbocycles. The van der Waals surface area contributed by atoms with E-state index in [0.29, 0.717) is 0 Å². The SMILES string of the molecule is CNC12CC1(C(C)(C)C(=O)OC)C2. The van der Waals surface area contributed by atoms with E-state index in [0.717, 1.165) is 12.8 Å². The number of rotatable bonds is 3. The van der Waals surface area contributed by atoms with Crippen LogP contribution in [0, 0.1) is 10.8 Å². The molecule has 0 aromatic rings. The fourth-order valence-corrected chi connectivity index (χ4v) is 2.80. The average molecular weight is 183 g/mol. The molecule has 0 radical (unpaired) electrons. The molecule has 0 aromatic carbocycles. The Hall–Kier alpha value is -0.570. The summed E-state index contributed by atoms with van der Waals surface area (Å²) in [6.45, 7) is 3.98. The molecule has 0 bridgehead atoms. The van der Waals surface area contributed by atoms with Gasteiger partial charge in [-0.05, 0) is 33.7 Å². The van der Waals surface area contributed by atoms with Crippen molar-refractivity contribution in [1.29, 1.82) is 0 Å².